The van der Waals surface area contributed by atoms with E-state index in [2.05, 4.69) is 6.58 Å². The van der Waals surface area contributed by atoms with Crippen molar-refractivity contribution in [2.45, 2.75) is 12.3 Å². The fraction of sp³-hybridized carbons (Fsp3) is 0.211. The number of benzene rings is 2. The van der Waals surface area contributed by atoms with E-state index in [9.17, 15) is 9.18 Å². The highest BCUT2D eigenvalue weighted by molar-refractivity contribution is 5.94. The van der Waals surface area contributed by atoms with Gasteiger partial charge in [0.15, 0.2) is 0 Å². The molecule has 0 fully saturated rings. The third kappa shape index (κ3) is 4.04. The molecule has 1 atom stereocenters. The zero-order valence-corrected chi connectivity index (χ0v) is 12.7. The van der Waals surface area contributed by atoms with Crippen LogP contribution in [0.2, 0.25) is 0 Å². The summed E-state index contributed by atoms with van der Waals surface area (Å²) < 4.78 is 13.1. The number of hydrogen-bond acceptors (Lipinski definition) is 1. The average molecular weight is 297 g/mol. The van der Waals surface area contributed by atoms with Crippen molar-refractivity contribution < 1.29 is 9.18 Å². The lowest BCUT2D eigenvalue weighted by Crippen LogP contribution is -2.31. The van der Waals surface area contributed by atoms with Gasteiger partial charge in [0.25, 0.3) is 5.91 Å². The topological polar surface area (TPSA) is 20.3 Å². The van der Waals surface area contributed by atoms with E-state index in [4.69, 9.17) is 0 Å². The molecule has 0 N–H and O–H groups in total. The Morgan fingerprint density at radius 1 is 1.18 bits per heavy atom. The maximum Gasteiger partial charge on any atom is 0.253 e. The quantitative estimate of drug-likeness (QED) is 0.730. The molecule has 114 valence electrons. The maximum atomic E-state index is 13.1. The molecule has 0 radical (unpaired) electrons. The van der Waals surface area contributed by atoms with E-state index in [1.165, 1.54) is 12.1 Å². The molecule has 2 aromatic rings. The smallest absolute Gasteiger partial charge is 0.253 e. The van der Waals surface area contributed by atoms with Crippen LogP contribution < -0.4 is 0 Å². The SMILES string of the molecule is C=CC[C@H](CN(C)C(=O)c1ccccc1)c1ccc(F)cc1. The van der Waals surface area contributed by atoms with Gasteiger partial charge in [0.2, 0.25) is 0 Å². The number of rotatable bonds is 6. The molecule has 0 saturated carbocycles. The Labute approximate surface area is 130 Å². The summed E-state index contributed by atoms with van der Waals surface area (Å²) in [6, 6.07) is 15.6. The van der Waals surface area contributed by atoms with Crippen LogP contribution >= 0.6 is 0 Å². The van der Waals surface area contributed by atoms with E-state index >= 15 is 0 Å². The van der Waals surface area contributed by atoms with Crippen LogP contribution in [0.4, 0.5) is 4.39 Å². The molecule has 0 aliphatic carbocycles. The molecule has 0 heterocycles. The zero-order valence-electron chi connectivity index (χ0n) is 12.7. The molecule has 1 amide bonds. The summed E-state index contributed by atoms with van der Waals surface area (Å²) in [5.74, 6) is -0.164. The monoisotopic (exact) mass is 297 g/mol. The number of nitrogens with zero attached hydrogens (tertiary/aromatic N) is 1. The number of hydrogen-bond donors (Lipinski definition) is 0. The van der Waals surface area contributed by atoms with Gasteiger partial charge in [0, 0.05) is 25.1 Å². The van der Waals surface area contributed by atoms with Gasteiger partial charge < -0.3 is 4.90 Å². The van der Waals surface area contributed by atoms with Crippen molar-refractivity contribution >= 4 is 5.91 Å². The predicted molar refractivity (Wildman–Crippen MR) is 87.4 cm³/mol. The maximum absolute atomic E-state index is 13.1. The van der Waals surface area contributed by atoms with Crippen LogP contribution in [0, 0.1) is 5.82 Å². The van der Waals surface area contributed by atoms with Crippen molar-refractivity contribution in [2.75, 3.05) is 13.6 Å². The first-order chi connectivity index (χ1) is 10.6. The fourth-order valence-corrected chi connectivity index (χ4v) is 2.47. The van der Waals surface area contributed by atoms with Gasteiger partial charge >= 0.3 is 0 Å². The van der Waals surface area contributed by atoms with E-state index in [1.54, 1.807) is 36.2 Å². The fourth-order valence-electron chi connectivity index (χ4n) is 2.47. The molecular weight excluding hydrogens is 277 g/mol. The van der Waals surface area contributed by atoms with Gasteiger partial charge in [-0.2, -0.15) is 0 Å². The highest BCUT2D eigenvalue weighted by Crippen LogP contribution is 2.22. The van der Waals surface area contributed by atoms with Crippen molar-refractivity contribution in [3.63, 3.8) is 0 Å². The third-order valence-corrected chi connectivity index (χ3v) is 3.65. The van der Waals surface area contributed by atoms with Crippen LogP contribution in [0.25, 0.3) is 0 Å². The number of likely N-dealkylation sites (N-methyl/N-ethyl adjacent to an activating group) is 1. The average Bonchev–Trinajstić information content (AvgIpc) is 2.55. The Bertz CT molecular complexity index is 622. The number of allylic oxidation sites excluding steroid dienone is 1. The summed E-state index contributed by atoms with van der Waals surface area (Å²) in [5.41, 5.74) is 1.68. The van der Waals surface area contributed by atoms with Gasteiger partial charge in [-0.3, -0.25) is 4.79 Å². The minimum atomic E-state index is -0.255. The first-order valence-electron chi connectivity index (χ1n) is 7.28. The number of halogens is 1. The minimum Gasteiger partial charge on any atom is -0.341 e. The normalized spacial score (nSPS) is 11.7. The molecule has 0 aromatic heterocycles. The van der Waals surface area contributed by atoms with Crippen molar-refractivity contribution in [3.8, 4) is 0 Å². The van der Waals surface area contributed by atoms with Crippen LogP contribution in [-0.4, -0.2) is 24.4 Å². The second-order valence-corrected chi connectivity index (χ2v) is 5.32. The van der Waals surface area contributed by atoms with E-state index in [0.29, 0.717) is 12.1 Å². The van der Waals surface area contributed by atoms with Crippen LogP contribution in [0.15, 0.2) is 67.3 Å². The molecule has 2 nitrogen and oxygen atoms in total. The summed E-state index contributed by atoms with van der Waals surface area (Å²) in [7, 11) is 1.79. The molecule has 22 heavy (non-hydrogen) atoms. The van der Waals surface area contributed by atoms with E-state index < -0.39 is 0 Å². The Balaban J connectivity index is 2.12. The Hall–Kier alpha value is -2.42. The molecule has 2 rings (SSSR count). The Morgan fingerprint density at radius 2 is 1.82 bits per heavy atom. The lowest BCUT2D eigenvalue weighted by molar-refractivity contribution is 0.0786. The summed E-state index contributed by atoms with van der Waals surface area (Å²) in [5, 5.41) is 0. The summed E-state index contributed by atoms with van der Waals surface area (Å²) in [6.45, 7) is 4.34. The van der Waals surface area contributed by atoms with Crippen molar-refractivity contribution in [1.82, 2.24) is 4.90 Å². The molecule has 0 saturated heterocycles. The molecule has 0 aliphatic rings. The molecular formula is C19H20FNO. The number of carbonyl (C=O) groups is 1. The predicted octanol–water partition coefficient (Wildman–Crippen LogP) is 4.26. The van der Waals surface area contributed by atoms with Gasteiger partial charge in [0.1, 0.15) is 5.82 Å². The van der Waals surface area contributed by atoms with Gasteiger partial charge in [-0.25, -0.2) is 4.39 Å². The van der Waals surface area contributed by atoms with Gasteiger partial charge in [-0.1, -0.05) is 36.4 Å². The minimum absolute atomic E-state index is 0.0169. The molecule has 0 spiro atoms. The Morgan fingerprint density at radius 3 is 2.41 bits per heavy atom. The van der Waals surface area contributed by atoms with Gasteiger partial charge in [-0.15, -0.1) is 6.58 Å². The standard InChI is InChI=1S/C19H20FNO/c1-3-7-17(15-10-12-18(20)13-11-15)14-21(2)19(22)16-8-5-4-6-9-16/h3-6,8-13,17H,1,7,14H2,2H3/t17-/m1/s1. The molecule has 0 unspecified atom stereocenters. The zero-order chi connectivity index (χ0) is 15.9. The van der Waals surface area contributed by atoms with Crippen LogP contribution in [-0.2, 0) is 0 Å². The molecule has 3 heteroatoms. The van der Waals surface area contributed by atoms with Crippen LogP contribution in [0.1, 0.15) is 28.3 Å². The first kappa shape index (κ1) is 16.0. The van der Waals surface area contributed by atoms with Crippen molar-refractivity contribution in [1.29, 1.82) is 0 Å². The highest BCUT2D eigenvalue weighted by atomic mass is 19.1. The van der Waals surface area contributed by atoms with Crippen molar-refractivity contribution in [2.24, 2.45) is 0 Å². The second-order valence-electron chi connectivity index (χ2n) is 5.32. The molecule has 0 aliphatic heterocycles. The Kier molecular flexibility index (Phi) is 5.48. The molecule has 2 aromatic carbocycles. The second kappa shape index (κ2) is 7.55. The summed E-state index contributed by atoms with van der Waals surface area (Å²) in [4.78, 5) is 14.1. The molecule has 0 bridgehead atoms. The summed E-state index contributed by atoms with van der Waals surface area (Å²) in [6.07, 6.45) is 2.56. The lowest BCUT2D eigenvalue weighted by atomic mass is 9.95. The van der Waals surface area contributed by atoms with Crippen molar-refractivity contribution in [3.05, 3.63) is 84.2 Å². The van der Waals surface area contributed by atoms with E-state index in [-0.39, 0.29) is 17.6 Å². The third-order valence-electron chi connectivity index (χ3n) is 3.65. The van der Waals surface area contributed by atoms with E-state index in [1.807, 2.05) is 24.3 Å². The first-order valence-corrected chi connectivity index (χ1v) is 7.28. The van der Waals surface area contributed by atoms with Gasteiger partial charge in [-0.05, 0) is 36.2 Å². The number of carbonyl (C=O) groups excluding carboxylic acids is 1. The largest absolute Gasteiger partial charge is 0.341 e. The van der Waals surface area contributed by atoms with Crippen LogP contribution in [0.3, 0.4) is 0 Å². The number of amides is 1. The van der Waals surface area contributed by atoms with Gasteiger partial charge in [0.05, 0.1) is 0 Å². The summed E-state index contributed by atoms with van der Waals surface area (Å²) >= 11 is 0. The van der Waals surface area contributed by atoms with Crippen LogP contribution in [0.5, 0.6) is 0 Å². The van der Waals surface area contributed by atoms with E-state index in [0.717, 1.165) is 12.0 Å². The lowest BCUT2D eigenvalue weighted by Gasteiger charge is -2.24. The highest BCUT2D eigenvalue weighted by Gasteiger charge is 2.17.